The standard InChI is InChI=1S/C22H22/c1-17(15-19-8-4-3-5-9-19)7-6-10-20-13-14-21-12-11-18(2)16-22(20)21/h3-6,8-13,16H,1,7,14-15H2,2H3/b10-6+. The van der Waals surface area contributed by atoms with Crippen LogP contribution in [0.1, 0.15) is 28.7 Å². The molecule has 0 nitrogen and oxygen atoms in total. The predicted molar refractivity (Wildman–Crippen MR) is 95.9 cm³/mol. The van der Waals surface area contributed by atoms with Crippen molar-refractivity contribution in [1.29, 1.82) is 0 Å². The highest BCUT2D eigenvalue weighted by molar-refractivity contribution is 5.80. The lowest BCUT2D eigenvalue weighted by Gasteiger charge is -2.04. The second kappa shape index (κ2) is 6.62. The molecule has 0 amide bonds. The smallest absolute Gasteiger partial charge is 0.00667 e. The van der Waals surface area contributed by atoms with Crippen molar-refractivity contribution in [3.63, 3.8) is 0 Å². The molecule has 0 fully saturated rings. The Morgan fingerprint density at radius 3 is 2.77 bits per heavy atom. The molecule has 110 valence electrons. The molecule has 0 unspecified atom stereocenters. The van der Waals surface area contributed by atoms with Crippen LogP contribution in [0.15, 0.2) is 78.9 Å². The van der Waals surface area contributed by atoms with Gasteiger partial charge in [0.25, 0.3) is 0 Å². The average Bonchev–Trinajstić information content (AvgIpc) is 2.91. The number of hydrogen-bond donors (Lipinski definition) is 0. The van der Waals surface area contributed by atoms with Gasteiger partial charge in [0.2, 0.25) is 0 Å². The zero-order chi connectivity index (χ0) is 15.4. The van der Waals surface area contributed by atoms with Gasteiger partial charge in [-0.2, -0.15) is 0 Å². The maximum absolute atomic E-state index is 4.20. The van der Waals surface area contributed by atoms with Crippen LogP contribution in [0.2, 0.25) is 0 Å². The fourth-order valence-electron chi connectivity index (χ4n) is 2.93. The maximum atomic E-state index is 4.20. The summed E-state index contributed by atoms with van der Waals surface area (Å²) in [5.74, 6) is 0. The molecule has 0 radical (unpaired) electrons. The Morgan fingerprint density at radius 2 is 1.95 bits per heavy atom. The first-order valence-electron chi connectivity index (χ1n) is 7.89. The minimum Gasteiger partial charge on any atom is -0.0992 e. The summed E-state index contributed by atoms with van der Waals surface area (Å²) < 4.78 is 0. The molecule has 0 heteroatoms. The quantitative estimate of drug-likeness (QED) is 0.620. The summed E-state index contributed by atoms with van der Waals surface area (Å²) in [5.41, 5.74) is 8.10. The highest BCUT2D eigenvalue weighted by Gasteiger charge is 2.11. The largest absolute Gasteiger partial charge is 0.0992 e. The van der Waals surface area contributed by atoms with Crippen LogP contribution < -0.4 is 0 Å². The lowest BCUT2D eigenvalue weighted by molar-refractivity contribution is 1.08. The molecule has 1 aliphatic carbocycles. The molecule has 0 saturated carbocycles. The molecule has 0 saturated heterocycles. The molecular weight excluding hydrogens is 264 g/mol. The predicted octanol–water partition coefficient (Wildman–Crippen LogP) is 5.68. The van der Waals surface area contributed by atoms with E-state index in [0.717, 1.165) is 19.3 Å². The fraction of sp³-hybridized carbons (Fsp3) is 0.182. The van der Waals surface area contributed by atoms with Crippen LogP contribution in [0, 0.1) is 6.92 Å². The number of fused-ring (bicyclic) bond motifs is 1. The van der Waals surface area contributed by atoms with Gasteiger partial charge in [0.1, 0.15) is 0 Å². The van der Waals surface area contributed by atoms with E-state index in [-0.39, 0.29) is 0 Å². The van der Waals surface area contributed by atoms with Gasteiger partial charge in [0, 0.05) is 0 Å². The van der Waals surface area contributed by atoms with Gasteiger partial charge in [-0.05, 0) is 48.4 Å². The Labute approximate surface area is 133 Å². The van der Waals surface area contributed by atoms with E-state index in [1.807, 2.05) is 0 Å². The zero-order valence-corrected chi connectivity index (χ0v) is 13.2. The Morgan fingerprint density at radius 1 is 1.14 bits per heavy atom. The maximum Gasteiger partial charge on any atom is -0.00667 e. The van der Waals surface area contributed by atoms with Crippen LogP contribution >= 0.6 is 0 Å². The molecule has 0 heterocycles. The van der Waals surface area contributed by atoms with E-state index in [0.29, 0.717) is 0 Å². The van der Waals surface area contributed by atoms with E-state index in [9.17, 15) is 0 Å². The Balaban J connectivity index is 1.60. The molecule has 0 aliphatic heterocycles. The van der Waals surface area contributed by atoms with E-state index in [2.05, 4.69) is 80.3 Å². The van der Waals surface area contributed by atoms with Gasteiger partial charge in [-0.25, -0.2) is 0 Å². The van der Waals surface area contributed by atoms with E-state index in [4.69, 9.17) is 0 Å². The molecule has 0 N–H and O–H groups in total. The van der Waals surface area contributed by atoms with Crippen molar-refractivity contribution < 1.29 is 0 Å². The number of benzene rings is 2. The molecule has 2 aromatic rings. The molecule has 0 atom stereocenters. The molecule has 2 aromatic carbocycles. The zero-order valence-electron chi connectivity index (χ0n) is 13.2. The topological polar surface area (TPSA) is 0 Å². The Kier molecular flexibility index (Phi) is 4.39. The van der Waals surface area contributed by atoms with Crippen LogP contribution in [-0.4, -0.2) is 0 Å². The number of hydrogen-bond acceptors (Lipinski definition) is 0. The van der Waals surface area contributed by atoms with E-state index in [1.54, 1.807) is 0 Å². The van der Waals surface area contributed by atoms with Crippen LogP contribution in [0.3, 0.4) is 0 Å². The van der Waals surface area contributed by atoms with Gasteiger partial charge in [-0.1, -0.05) is 84.5 Å². The summed E-state index contributed by atoms with van der Waals surface area (Å²) in [6.07, 6.45) is 9.77. The summed E-state index contributed by atoms with van der Waals surface area (Å²) in [4.78, 5) is 0. The first-order valence-corrected chi connectivity index (χ1v) is 7.89. The van der Waals surface area contributed by atoms with Crippen molar-refractivity contribution in [3.8, 4) is 0 Å². The van der Waals surface area contributed by atoms with Crippen molar-refractivity contribution in [1.82, 2.24) is 0 Å². The molecule has 0 bridgehead atoms. The normalized spacial score (nSPS) is 13.2. The van der Waals surface area contributed by atoms with Gasteiger partial charge >= 0.3 is 0 Å². The molecule has 0 aromatic heterocycles. The SMILES string of the molecule is C=C(C/C=C/C1=CCc2ccc(C)cc21)Cc1ccccc1. The highest BCUT2D eigenvalue weighted by Crippen LogP contribution is 2.29. The van der Waals surface area contributed by atoms with Gasteiger partial charge in [-0.3, -0.25) is 0 Å². The third kappa shape index (κ3) is 3.46. The summed E-state index contributed by atoms with van der Waals surface area (Å²) in [6, 6.07) is 17.3. The third-order valence-electron chi connectivity index (χ3n) is 4.12. The van der Waals surface area contributed by atoms with Crippen molar-refractivity contribution in [3.05, 3.63) is 101 Å². The molecule has 22 heavy (non-hydrogen) atoms. The van der Waals surface area contributed by atoms with Crippen molar-refractivity contribution in [2.24, 2.45) is 0 Å². The minimum atomic E-state index is 0.938. The first kappa shape index (κ1) is 14.6. The van der Waals surface area contributed by atoms with Gasteiger partial charge in [0.15, 0.2) is 0 Å². The van der Waals surface area contributed by atoms with Crippen LogP contribution in [0.25, 0.3) is 5.57 Å². The van der Waals surface area contributed by atoms with Gasteiger partial charge in [-0.15, -0.1) is 0 Å². The van der Waals surface area contributed by atoms with E-state index in [1.165, 1.54) is 33.4 Å². The number of allylic oxidation sites excluding steroid dienone is 5. The minimum absolute atomic E-state index is 0.938. The monoisotopic (exact) mass is 286 g/mol. The molecule has 1 aliphatic rings. The van der Waals surface area contributed by atoms with E-state index >= 15 is 0 Å². The summed E-state index contributed by atoms with van der Waals surface area (Å²) in [7, 11) is 0. The molecular formula is C22H22. The Bertz CT molecular complexity index is 730. The van der Waals surface area contributed by atoms with Gasteiger partial charge < -0.3 is 0 Å². The fourth-order valence-corrected chi connectivity index (χ4v) is 2.93. The summed E-state index contributed by atoms with van der Waals surface area (Å²) >= 11 is 0. The van der Waals surface area contributed by atoms with Crippen molar-refractivity contribution >= 4 is 5.57 Å². The summed E-state index contributed by atoms with van der Waals surface area (Å²) in [6.45, 7) is 6.36. The second-order valence-corrected chi connectivity index (χ2v) is 6.04. The third-order valence-corrected chi connectivity index (χ3v) is 4.12. The van der Waals surface area contributed by atoms with Crippen LogP contribution in [0.5, 0.6) is 0 Å². The highest BCUT2D eigenvalue weighted by atomic mass is 14.2. The number of rotatable bonds is 5. The second-order valence-electron chi connectivity index (χ2n) is 6.04. The van der Waals surface area contributed by atoms with Crippen molar-refractivity contribution in [2.75, 3.05) is 0 Å². The lowest BCUT2D eigenvalue weighted by Crippen LogP contribution is -1.88. The Hall–Kier alpha value is -2.34. The summed E-state index contributed by atoms with van der Waals surface area (Å²) in [5, 5.41) is 0. The average molecular weight is 286 g/mol. The molecule has 0 spiro atoms. The van der Waals surface area contributed by atoms with Crippen molar-refractivity contribution in [2.45, 2.75) is 26.2 Å². The van der Waals surface area contributed by atoms with Crippen LogP contribution in [0.4, 0.5) is 0 Å². The van der Waals surface area contributed by atoms with E-state index < -0.39 is 0 Å². The van der Waals surface area contributed by atoms with Gasteiger partial charge in [0.05, 0.1) is 0 Å². The number of aryl methyl sites for hydroxylation is 1. The first-order chi connectivity index (χ1) is 10.7. The molecule has 3 rings (SSSR count). The van der Waals surface area contributed by atoms with Crippen LogP contribution in [-0.2, 0) is 12.8 Å². The lowest BCUT2D eigenvalue weighted by atomic mass is 10.0.